The molecule has 2 aromatic carbocycles. The maximum atomic E-state index is 12.9. The number of alkyl carbamates (subject to hydrolysis) is 1. The summed E-state index contributed by atoms with van der Waals surface area (Å²) in [4.78, 5) is 41.2. The molecule has 9 heteroatoms. The van der Waals surface area contributed by atoms with Crippen molar-refractivity contribution in [3.05, 3.63) is 59.7 Å². The largest absolute Gasteiger partial charge is 0.479 e. The zero-order valence-corrected chi connectivity index (χ0v) is 19.8. The van der Waals surface area contributed by atoms with Crippen LogP contribution in [0, 0.1) is 0 Å². The molecule has 1 aliphatic heterocycles. The van der Waals surface area contributed by atoms with Crippen LogP contribution in [0.5, 0.6) is 0 Å². The van der Waals surface area contributed by atoms with Crippen molar-refractivity contribution in [3.8, 4) is 11.1 Å². The number of thioether (sulfide) groups is 1. The number of carboxylic acids is 1. The predicted molar refractivity (Wildman–Crippen MR) is 128 cm³/mol. The van der Waals surface area contributed by atoms with Gasteiger partial charge in [0.2, 0.25) is 5.91 Å². The third kappa shape index (κ3) is 5.37. The van der Waals surface area contributed by atoms with Crippen molar-refractivity contribution in [1.29, 1.82) is 0 Å². The molecule has 8 nitrogen and oxygen atoms in total. The number of fused-ring (bicyclic) bond motifs is 3. The number of carbonyl (C=O) groups is 3. The Morgan fingerprint density at radius 2 is 1.65 bits per heavy atom. The van der Waals surface area contributed by atoms with Gasteiger partial charge < -0.3 is 15.2 Å². The van der Waals surface area contributed by atoms with E-state index in [1.54, 1.807) is 11.8 Å². The van der Waals surface area contributed by atoms with Gasteiger partial charge in [0.05, 0.1) is 12.0 Å². The summed E-state index contributed by atoms with van der Waals surface area (Å²) < 4.78 is 5.70. The van der Waals surface area contributed by atoms with Crippen molar-refractivity contribution in [3.63, 3.8) is 0 Å². The number of benzene rings is 2. The summed E-state index contributed by atoms with van der Waals surface area (Å²) in [6.07, 6.45) is 0.671. The monoisotopic (exact) mass is 484 g/mol. The summed E-state index contributed by atoms with van der Waals surface area (Å²) in [7, 11) is 1.38. The molecule has 1 fully saturated rings. The van der Waals surface area contributed by atoms with Gasteiger partial charge in [0.15, 0.2) is 6.61 Å². The minimum absolute atomic E-state index is 0.00781. The van der Waals surface area contributed by atoms with Crippen molar-refractivity contribution in [1.82, 2.24) is 10.4 Å². The lowest BCUT2D eigenvalue weighted by atomic mass is 9.88. The van der Waals surface area contributed by atoms with Crippen molar-refractivity contribution in [2.75, 3.05) is 31.8 Å². The molecule has 1 saturated heterocycles. The standard InChI is InChI=1S/C25H28N2O6S/c1-27(33-16-23(29)30)22(28)14-25(10-12-34-13-11-25)26-24(31)32-15-21-19-8-4-2-6-17(19)18-7-3-5-9-20(18)21/h2-9,21H,10-16H2,1H3,(H,26,31)(H,29,30). The molecule has 0 atom stereocenters. The van der Waals surface area contributed by atoms with Gasteiger partial charge in [-0.3, -0.25) is 9.63 Å². The summed E-state index contributed by atoms with van der Waals surface area (Å²) in [5.41, 5.74) is 3.82. The lowest BCUT2D eigenvalue weighted by molar-refractivity contribution is -0.186. The highest BCUT2D eigenvalue weighted by Crippen LogP contribution is 2.44. The average Bonchev–Trinajstić information content (AvgIpc) is 3.15. The fourth-order valence-electron chi connectivity index (χ4n) is 4.58. The van der Waals surface area contributed by atoms with Crippen LogP contribution in [-0.4, -0.2) is 65.4 Å². The number of nitrogens with one attached hydrogen (secondary N) is 1. The number of aliphatic carboxylic acids is 1. The quantitative estimate of drug-likeness (QED) is 0.551. The van der Waals surface area contributed by atoms with E-state index in [2.05, 4.69) is 29.6 Å². The fraction of sp³-hybridized carbons (Fsp3) is 0.400. The molecule has 2 amide bonds. The van der Waals surface area contributed by atoms with Crippen molar-refractivity contribution < 1.29 is 29.1 Å². The Bertz CT molecular complexity index is 1020. The highest BCUT2D eigenvalue weighted by molar-refractivity contribution is 7.99. The lowest BCUT2D eigenvalue weighted by Gasteiger charge is -2.37. The first-order valence-corrected chi connectivity index (χ1v) is 12.4. The molecule has 1 heterocycles. The van der Waals surface area contributed by atoms with E-state index >= 15 is 0 Å². The fourth-order valence-corrected chi connectivity index (χ4v) is 5.86. The Morgan fingerprint density at radius 1 is 1.06 bits per heavy atom. The van der Waals surface area contributed by atoms with E-state index in [1.165, 1.54) is 7.05 Å². The minimum atomic E-state index is -1.17. The van der Waals surface area contributed by atoms with Crippen molar-refractivity contribution >= 4 is 29.7 Å². The number of carboxylic acid groups (broad SMARTS) is 1. The van der Waals surface area contributed by atoms with Gasteiger partial charge in [-0.25, -0.2) is 14.7 Å². The Hall–Kier alpha value is -3.04. The van der Waals surface area contributed by atoms with Crippen LogP contribution in [0.4, 0.5) is 4.79 Å². The predicted octanol–water partition coefficient (Wildman–Crippen LogP) is 3.66. The van der Waals surface area contributed by atoms with Gasteiger partial charge in [0.25, 0.3) is 0 Å². The molecule has 34 heavy (non-hydrogen) atoms. The molecular formula is C25H28N2O6S. The zero-order chi connectivity index (χ0) is 24.1. The maximum absolute atomic E-state index is 12.9. The van der Waals surface area contributed by atoms with E-state index in [9.17, 15) is 14.4 Å². The molecule has 180 valence electrons. The minimum Gasteiger partial charge on any atom is -0.479 e. The van der Waals surface area contributed by atoms with Crippen LogP contribution in [0.25, 0.3) is 11.1 Å². The van der Waals surface area contributed by atoms with Crippen LogP contribution < -0.4 is 5.32 Å². The molecule has 2 N–H and O–H groups in total. The third-order valence-electron chi connectivity index (χ3n) is 6.38. The first-order valence-electron chi connectivity index (χ1n) is 11.2. The average molecular weight is 485 g/mol. The highest BCUT2D eigenvalue weighted by atomic mass is 32.2. The van der Waals surface area contributed by atoms with Crippen molar-refractivity contribution in [2.45, 2.75) is 30.7 Å². The number of hydrogen-bond donors (Lipinski definition) is 2. The van der Waals surface area contributed by atoms with Crippen LogP contribution in [0.2, 0.25) is 0 Å². The summed E-state index contributed by atoms with van der Waals surface area (Å²) >= 11 is 1.77. The van der Waals surface area contributed by atoms with E-state index in [0.29, 0.717) is 12.8 Å². The van der Waals surface area contributed by atoms with Crippen LogP contribution >= 0.6 is 11.8 Å². The van der Waals surface area contributed by atoms with Gasteiger partial charge in [-0.05, 0) is 46.6 Å². The second kappa shape index (κ2) is 10.5. The zero-order valence-electron chi connectivity index (χ0n) is 19.0. The Balaban J connectivity index is 1.41. The number of nitrogens with zero attached hydrogens (tertiary/aromatic N) is 1. The summed E-state index contributed by atoms with van der Waals surface area (Å²) in [5.74, 6) is -0.00623. The van der Waals surface area contributed by atoms with Crippen molar-refractivity contribution in [2.24, 2.45) is 0 Å². The van der Waals surface area contributed by atoms with E-state index in [4.69, 9.17) is 14.7 Å². The molecule has 0 unspecified atom stereocenters. The number of ether oxygens (including phenoxy) is 1. The maximum Gasteiger partial charge on any atom is 0.407 e. The van der Waals surface area contributed by atoms with Crippen LogP contribution in [0.1, 0.15) is 36.3 Å². The van der Waals surface area contributed by atoms with E-state index < -0.39 is 30.1 Å². The second-order valence-electron chi connectivity index (χ2n) is 8.58. The molecular weight excluding hydrogens is 456 g/mol. The highest BCUT2D eigenvalue weighted by Gasteiger charge is 2.38. The van der Waals surface area contributed by atoms with Gasteiger partial charge in [0, 0.05) is 13.0 Å². The van der Waals surface area contributed by atoms with E-state index in [1.807, 2.05) is 24.3 Å². The van der Waals surface area contributed by atoms with Gasteiger partial charge in [-0.1, -0.05) is 48.5 Å². The van der Waals surface area contributed by atoms with Crippen LogP contribution in [0.3, 0.4) is 0 Å². The number of amides is 2. The first-order chi connectivity index (χ1) is 16.4. The summed E-state index contributed by atoms with van der Waals surface area (Å²) in [6.45, 7) is -0.412. The molecule has 0 bridgehead atoms. The molecule has 0 aromatic heterocycles. The second-order valence-corrected chi connectivity index (χ2v) is 9.80. The Morgan fingerprint density at radius 3 is 2.24 bits per heavy atom. The lowest BCUT2D eigenvalue weighted by Crippen LogP contribution is -2.53. The molecule has 0 radical (unpaired) electrons. The van der Waals surface area contributed by atoms with Gasteiger partial charge in [0.1, 0.15) is 6.61 Å². The molecule has 0 saturated carbocycles. The number of hydroxylamine groups is 2. The number of rotatable bonds is 8. The molecule has 4 rings (SSSR count). The normalized spacial score (nSPS) is 16.3. The summed E-state index contributed by atoms with van der Waals surface area (Å²) in [5, 5.41) is 12.7. The number of carbonyl (C=O) groups excluding carboxylic acids is 2. The van der Waals surface area contributed by atoms with Gasteiger partial charge >= 0.3 is 12.1 Å². The van der Waals surface area contributed by atoms with E-state index in [-0.39, 0.29) is 18.9 Å². The molecule has 2 aliphatic rings. The first kappa shape index (κ1) is 24.1. The summed E-state index contributed by atoms with van der Waals surface area (Å²) in [6, 6.07) is 16.3. The molecule has 2 aromatic rings. The Kier molecular flexibility index (Phi) is 7.43. The topological polar surface area (TPSA) is 105 Å². The van der Waals surface area contributed by atoms with Crippen LogP contribution in [0.15, 0.2) is 48.5 Å². The van der Waals surface area contributed by atoms with E-state index in [0.717, 1.165) is 38.8 Å². The smallest absolute Gasteiger partial charge is 0.407 e. The SMILES string of the molecule is CN(OCC(=O)O)C(=O)CC1(NC(=O)OCC2c3ccccc3-c3ccccc32)CCSCC1. The third-order valence-corrected chi connectivity index (χ3v) is 7.37. The van der Waals surface area contributed by atoms with Crippen LogP contribution in [-0.2, 0) is 19.2 Å². The number of hydrogen-bond acceptors (Lipinski definition) is 6. The van der Waals surface area contributed by atoms with Gasteiger partial charge in [-0.15, -0.1) is 0 Å². The molecule has 0 spiro atoms. The van der Waals surface area contributed by atoms with Gasteiger partial charge in [-0.2, -0.15) is 11.8 Å². The Labute approximate surface area is 202 Å². The molecule has 1 aliphatic carbocycles.